The van der Waals surface area contributed by atoms with Crippen LogP contribution in [0.25, 0.3) is 0 Å². The normalized spacial score (nSPS) is 10.9. The maximum atomic E-state index is 12.0. The van der Waals surface area contributed by atoms with E-state index >= 15 is 0 Å². The third kappa shape index (κ3) is 3.95. The molecule has 4 nitrogen and oxygen atoms in total. The number of nitrogens with one attached hydrogen (secondary N) is 1. The topological polar surface area (TPSA) is 50.7 Å². The van der Waals surface area contributed by atoms with Crippen LogP contribution >= 0.6 is 0 Å². The van der Waals surface area contributed by atoms with Crippen LogP contribution < -0.4 is 5.32 Å². The van der Waals surface area contributed by atoms with Crippen molar-refractivity contribution in [2.45, 2.75) is 6.54 Å². The molecule has 0 aliphatic heterocycles. The molecule has 1 amide bonds. The standard InChI is InChI=1S/C16H16N2O2/c1-20-16(17-12-13-8-4-2-5-9-13)18-15(19)14-10-6-3-7-11-14/h2-11H,12H2,1H3,(H,17,18,19). The first-order chi connectivity index (χ1) is 9.79. The number of benzene rings is 2. The maximum absolute atomic E-state index is 12.0. The van der Waals surface area contributed by atoms with Crippen molar-refractivity contribution in [2.24, 2.45) is 4.99 Å². The molecule has 102 valence electrons. The molecule has 2 aromatic carbocycles. The Labute approximate surface area is 118 Å². The highest BCUT2D eigenvalue weighted by Gasteiger charge is 2.08. The van der Waals surface area contributed by atoms with E-state index in [0.29, 0.717) is 12.1 Å². The molecule has 0 bridgehead atoms. The van der Waals surface area contributed by atoms with Crippen LogP contribution in [0.5, 0.6) is 0 Å². The Kier molecular flexibility index (Phi) is 4.89. The summed E-state index contributed by atoms with van der Waals surface area (Å²) in [7, 11) is 1.48. The van der Waals surface area contributed by atoms with Gasteiger partial charge in [-0.2, -0.15) is 0 Å². The summed E-state index contributed by atoms with van der Waals surface area (Å²) in [5.74, 6) is -0.237. The van der Waals surface area contributed by atoms with Crippen LogP contribution in [0.4, 0.5) is 0 Å². The minimum absolute atomic E-state index is 0.211. The first-order valence-electron chi connectivity index (χ1n) is 6.28. The Morgan fingerprint density at radius 1 is 1.05 bits per heavy atom. The summed E-state index contributed by atoms with van der Waals surface area (Å²) < 4.78 is 5.08. The summed E-state index contributed by atoms with van der Waals surface area (Å²) in [4.78, 5) is 16.2. The van der Waals surface area contributed by atoms with E-state index in [1.807, 2.05) is 48.5 Å². The van der Waals surface area contributed by atoms with Crippen molar-refractivity contribution < 1.29 is 9.53 Å². The number of rotatable bonds is 3. The van der Waals surface area contributed by atoms with E-state index in [1.165, 1.54) is 7.11 Å². The molecule has 0 unspecified atom stereocenters. The van der Waals surface area contributed by atoms with Crippen LogP contribution in [0.2, 0.25) is 0 Å². The Hall–Kier alpha value is -2.62. The summed E-state index contributed by atoms with van der Waals surface area (Å²) >= 11 is 0. The second-order valence-corrected chi connectivity index (χ2v) is 4.13. The fourth-order valence-electron chi connectivity index (χ4n) is 1.66. The third-order valence-electron chi connectivity index (χ3n) is 2.70. The Morgan fingerprint density at radius 2 is 1.65 bits per heavy atom. The van der Waals surface area contributed by atoms with E-state index in [0.717, 1.165) is 5.56 Å². The summed E-state index contributed by atoms with van der Waals surface area (Å²) in [6, 6.07) is 18.9. The molecule has 0 aliphatic rings. The van der Waals surface area contributed by atoms with Gasteiger partial charge < -0.3 is 4.74 Å². The van der Waals surface area contributed by atoms with E-state index in [2.05, 4.69) is 10.3 Å². The molecule has 0 heterocycles. The highest BCUT2D eigenvalue weighted by molar-refractivity contribution is 6.04. The molecule has 0 aliphatic carbocycles. The first kappa shape index (κ1) is 13.8. The van der Waals surface area contributed by atoms with Crippen molar-refractivity contribution in [3.63, 3.8) is 0 Å². The molecule has 0 radical (unpaired) electrons. The summed E-state index contributed by atoms with van der Waals surface area (Å²) in [5.41, 5.74) is 1.62. The second-order valence-electron chi connectivity index (χ2n) is 4.13. The number of ether oxygens (including phenoxy) is 1. The number of methoxy groups -OCH3 is 1. The number of amides is 1. The first-order valence-corrected chi connectivity index (χ1v) is 6.28. The molecule has 0 spiro atoms. The van der Waals surface area contributed by atoms with Crippen molar-refractivity contribution >= 4 is 11.9 Å². The van der Waals surface area contributed by atoms with Crippen molar-refractivity contribution in [1.82, 2.24) is 5.32 Å². The van der Waals surface area contributed by atoms with E-state index in [4.69, 9.17) is 4.74 Å². The zero-order valence-electron chi connectivity index (χ0n) is 11.2. The van der Waals surface area contributed by atoms with Gasteiger partial charge in [-0.1, -0.05) is 48.5 Å². The van der Waals surface area contributed by atoms with Gasteiger partial charge in [0.2, 0.25) is 0 Å². The molecule has 2 aromatic rings. The largest absolute Gasteiger partial charge is 0.468 e. The van der Waals surface area contributed by atoms with Gasteiger partial charge in [0.25, 0.3) is 11.9 Å². The van der Waals surface area contributed by atoms with Gasteiger partial charge in [-0.05, 0) is 17.7 Å². The molecule has 2 rings (SSSR count). The number of nitrogens with zero attached hydrogens (tertiary/aromatic N) is 1. The number of amidine groups is 1. The average Bonchev–Trinajstić information content (AvgIpc) is 2.53. The van der Waals surface area contributed by atoms with Crippen LogP contribution in [0.15, 0.2) is 65.7 Å². The van der Waals surface area contributed by atoms with Gasteiger partial charge in [-0.3, -0.25) is 10.1 Å². The van der Waals surface area contributed by atoms with Gasteiger partial charge in [-0.25, -0.2) is 4.99 Å². The lowest BCUT2D eigenvalue weighted by atomic mass is 10.2. The predicted molar refractivity (Wildman–Crippen MR) is 78.5 cm³/mol. The lowest BCUT2D eigenvalue weighted by molar-refractivity contribution is 0.0968. The van der Waals surface area contributed by atoms with Gasteiger partial charge in [-0.15, -0.1) is 0 Å². The minimum atomic E-state index is -0.237. The second kappa shape index (κ2) is 7.09. The van der Waals surface area contributed by atoms with Gasteiger partial charge in [0, 0.05) is 5.56 Å². The zero-order chi connectivity index (χ0) is 14.2. The number of carbonyl (C=O) groups is 1. The van der Waals surface area contributed by atoms with Crippen LogP contribution in [0.3, 0.4) is 0 Å². The monoisotopic (exact) mass is 268 g/mol. The lowest BCUT2D eigenvalue weighted by Crippen LogP contribution is -2.31. The van der Waals surface area contributed by atoms with E-state index in [-0.39, 0.29) is 11.9 Å². The molecule has 4 heteroatoms. The number of carbonyl (C=O) groups excluding carboxylic acids is 1. The molecule has 0 atom stereocenters. The summed E-state index contributed by atoms with van der Waals surface area (Å²) in [5, 5.41) is 2.64. The van der Waals surface area contributed by atoms with Gasteiger partial charge in [0.15, 0.2) is 0 Å². The highest BCUT2D eigenvalue weighted by atomic mass is 16.5. The van der Waals surface area contributed by atoms with E-state index in [1.54, 1.807) is 12.1 Å². The van der Waals surface area contributed by atoms with Crippen molar-refractivity contribution in [3.05, 3.63) is 71.8 Å². The van der Waals surface area contributed by atoms with Crippen LogP contribution in [0, 0.1) is 0 Å². The van der Waals surface area contributed by atoms with Crippen molar-refractivity contribution in [2.75, 3.05) is 7.11 Å². The number of aliphatic imine (C=N–C) groups is 1. The summed E-state index contributed by atoms with van der Waals surface area (Å²) in [6.45, 7) is 0.457. The van der Waals surface area contributed by atoms with Gasteiger partial charge in [0.05, 0.1) is 13.7 Å². The van der Waals surface area contributed by atoms with Gasteiger partial charge >= 0.3 is 0 Å². The van der Waals surface area contributed by atoms with Crippen LogP contribution in [0.1, 0.15) is 15.9 Å². The molecule has 1 N–H and O–H groups in total. The molecule has 20 heavy (non-hydrogen) atoms. The minimum Gasteiger partial charge on any atom is -0.468 e. The smallest absolute Gasteiger partial charge is 0.291 e. The third-order valence-corrected chi connectivity index (χ3v) is 2.70. The van der Waals surface area contributed by atoms with Crippen molar-refractivity contribution in [1.29, 1.82) is 0 Å². The van der Waals surface area contributed by atoms with Crippen molar-refractivity contribution in [3.8, 4) is 0 Å². The van der Waals surface area contributed by atoms with E-state index in [9.17, 15) is 4.79 Å². The number of hydrogen-bond acceptors (Lipinski definition) is 3. The molecule has 0 saturated carbocycles. The average molecular weight is 268 g/mol. The number of hydrogen-bond donors (Lipinski definition) is 1. The molecular weight excluding hydrogens is 252 g/mol. The quantitative estimate of drug-likeness (QED) is 0.687. The molecule has 0 saturated heterocycles. The fourth-order valence-corrected chi connectivity index (χ4v) is 1.66. The zero-order valence-corrected chi connectivity index (χ0v) is 11.2. The maximum Gasteiger partial charge on any atom is 0.291 e. The van der Waals surface area contributed by atoms with E-state index < -0.39 is 0 Å². The molecular formula is C16H16N2O2. The Balaban J connectivity index is 2.00. The Bertz CT molecular complexity index is 580. The van der Waals surface area contributed by atoms with Crippen LogP contribution in [-0.2, 0) is 11.3 Å². The molecule has 0 fully saturated rings. The fraction of sp³-hybridized carbons (Fsp3) is 0.125. The summed E-state index contributed by atoms with van der Waals surface area (Å²) in [6.07, 6.45) is 0. The lowest BCUT2D eigenvalue weighted by Gasteiger charge is -2.07. The highest BCUT2D eigenvalue weighted by Crippen LogP contribution is 2.01. The Morgan fingerprint density at radius 3 is 2.25 bits per heavy atom. The molecule has 0 aromatic heterocycles. The SMILES string of the molecule is COC(=NCc1ccccc1)NC(=O)c1ccccc1. The predicted octanol–water partition coefficient (Wildman–Crippen LogP) is 2.62. The van der Waals surface area contributed by atoms with Gasteiger partial charge in [0.1, 0.15) is 0 Å². The van der Waals surface area contributed by atoms with Crippen LogP contribution in [-0.4, -0.2) is 19.0 Å².